The average Bonchev–Trinajstić information content (AvgIpc) is 3.19. The van der Waals surface area contributed by atoms with E-state index in [1.807, 2.05) is 44.2 Å². The van der Waals surface area contributed by atoms with Gasteiger partial charge in [0.05, 0.1) is 32.3 Å². The summed E-state index contributed by atoms with van der Waals surface area (Å²) >= 11 is 0. The molecule has 2 fully saturated rings. The van der Waals surface area contributed by atoms with Gasteiger partial charge in [-0.25, -0.2) is 0 Å². The van der Waals surface area contributed by atoms with Crippen LogP contribution < -0.4 is 26.0 Å². The van der Waals surface area contributed by atoms with Crippen molar-refractivity contribution < 1.29 is 14.3 Å². The minimum absolute atomic E-state index is 0.0461. The number of nitrogens with zero attached hydrogens (tertiary/aromatic N) is 2. The van der Waals surface area contributed by atoms with Gasteiger partial charge in [-0.2, -0.15) is 0 Å². The molecule has 1 amide bonds. The Morgan fingerprint density at radius 2 is 2.15 bits per heavy atom. The molecule has 2 bridgehead atoms. The molecule has 34 heavy (non-hydrogen) atoms. The van der Waals surface area contributed by atoms with Crippen molar-refractivity contribution in [1.29, 1.82) is 0 Å². The van der Waals surface area contributed by atoms with E-state index in [2.05, 4.69) is 26.6 Å². The van der Waals surface area contributed by atoms with E-state index in [4.69, 9.17) is 15.2 Å². The van der Waals surface area contributed by atoms with Crippen molar-refractivity contribution in [2.75, 3.05) is 38.8 Å². The fourth-order valence-electron chi connectivity index (χ4n) is 4.47. The van der Waals surface area contributed by atoms with Gasteiger partial charge < -0.3 is 25.4 Å². The van der Waals surface area contributed by atoms with Gasteiger partial charge >= 0.3 is 0 Å². The maximum absolute atomic E-state index is 13.3. The minimum Gasteiger partial charge on any atom is -0.497 e. The number of hydrogen-bond acceptors (Lipinski definition) is 7. The zero-order valence-corrected chi connectivity index (χ0v) is 20.2. The summed E-state index contributed by atoms with van der Waals surface area (Å²) < 4.78 is 11.2. The van der Waals surface area contributed by atoms with Crippen molar-refractivity contribution >= 4 is 23.4 Å². The van der Waals surface area contributed by atoms with Crippen LogP contribution in [0.3, 0.4) is 0 Å². The highest BCUT2D eigenvalue weighted by molar-refractivity contribution is 6.09. The SMILES string of the molecule is CN=C/C(=C\N)c1cc(OC)cc(C(C)NC(=O)c2cc(N3CC4COC(C3)N4)ccc2C)c1. The maximum atomic E-state index is 13.3. The quantitative estimate of drug-likeness (QED) is 0.546. The molecule has 3 atom stereocenters. The highest BCUT2D eigenvalue weighted by Crippen LogP contribution is 2.27. The number of anilines is 1. The van der Waals surface area contributed by atoms with Crippen LogP contribution in [0, 0.1) is 6.92 Å². The first kappa shape index (κ1) is 23.8. The van der Waals surface area contributed by atoms with Crippen molar-refractivity contribution in [3.05, 3.63) is 64.9 Å². The van der Waals surface area contributed by atoms with Crippen LogP contribution in [0.15, 0.2) is 47.6 Å². The Morgan fingerprint density at radius 1 is 1.32 bits per heavy atom. The van der Waals surface area contributed by atoms with Gasteiger partial charge in [-0.1, -0.05) is 6.07 Å². The molecule has 2 aromatic rings. The van der Waals surface area contributed by atoms with E-state index in [9.17, 15) is 4.79 Å². The molecular weight excluding hydrogens is 430 g/mol. The summed E-state index contributed by atoms with van der Waals surface area (Å²) in [5.74, 6) is 0.571. The third-order valence-corrected chi connectivity index (χ3v) is 6.37. The van der Waals surface area contributed by atoms with E-state index in [0.29, 0.717) is 17.4 Å². The number of nitrogens with two attached hydrogens (primary N) is 1. The van der Waals surface area contributed by atoms with Gasteiger partial charge in [0.25, 0.3) is 5.91 Å². The van der Waals surface area contributed by atoms with Crippen LogP contribution in [0.1, 0.15) is 40.0 Å². The summed E-state index contributed by atoms with van der Waals surface area (Å²) in [6.07, 6.45) is 3.26. The number of aryl methyl sites for hydroxylation is 1. The zero-order valence-electron chi connectivity index (χ0n) is 20.2. The number of piperazine rings is 1. The smallest absolute Gasteiger partial charge is 0.252 e. The Morgan fingerprint density at radius 3 is 2.85 bits per heavy atom. The van der Waals surface area contributed by atoms with Crippen LogP contribution in [0.25, 0.3) is 5.57 Å². The number of benzene rings is 2. The van der Waals surface area contributed by atoms with E-state index >= 15 is 0 Å². The Hall–Kier alpha value is -3.36. The first-order chi connectivity index (χ1) is 16.4. The molecule has 180 valence electrons. The molecule has 2 heterocycles. The number of hydrogen-bond donors (Lipinski definition) is 3. The predicted molar refractivity (Wildman–Crippen MR) is 136 cm³/mol. The number of carbonyl (C=O) groups is 1. The largest absolute Gasteiger partial charge is 0.497 e. The lowest BCUT2D eigenvalue weighted by Gasteiger charge is -2.33. The second kappa shape index (κ2) is 10.3. The van der Waals surface area contributed by atoms with E-state index in [1.54, 1.807) is 20.4 Å². The van der Waals surface area contributed by atoms with Gasteiger partial charge in [-0.15, -0.1) is 0 Å². The molecule has 4 N–H and O–H groups in total. The molecule has 0 spiro atoms. The summed E-state index contributed by atoms with van der Waals surface area (Å²) in [7, 11) is 3.32. The van der Waals surface area contributed by atoms with Crippen molar-refractivity contribution in [2.24, 2.45) is 10.7 Å². The molecule has 8 heteroatoms. The average molecular weight is 464 g/mol. The first-order valence-corrected chi connectivity index (χ1v) is 11.5. The fraction of sp³-hybridized carbons (Fsp3) is 0.385. The second-order valence-corrected chi connectivity index (χ2v) is 8.79. The van der Waals surface area contributed by atoms with Crippen LogP contribution in [0.4, 0.5) is 5.69 Å². The standard InChI is InChI=1S/C26H33N5O3/c1-16-5-6-22(31-13-21-15-34-25(14-31)30-21)10-24(16)26(32)29-17(2)18-7-19(9-23(8-18)33-4)20(11-27)12-28-3/h5-12,17,21,25,30H,13-15,27H2,1-4H3,(H,29,32)/b20-11+,28-12?. The van der Waals surface area contributed by atoms with E-state index < -0.39 is 0 Å². The summed E-state index contributed by atoms with van der Waals surface area (Å²) in [4.78, 5) is 19.7. The van der Waals surface area contributed by atoms with Crippen LogP contribution in [-0.4, -0.2) is 58.2 Å². The number of carbonyl (C=O) groups excluding carboxylic acids is 1. The lowest BCUT2D eigenvalue weighted by Crippen LogP contribution is -2.51. The highest BCUT2D eigenvalue weighted by Gasteiger charge is 2.33. The number of allylic oxidation sites excluding steroid dienone is 1. The topological polar surface area (TPSA) is 101 Å². The number of methoxy groups -OCH3 is 1. The molecule has 0 aromatic heterocycles. The third-order valence-electron chi connectivity index (χ3n) is 6.37. The number of ether oxygens (including phenoxy) is 2. The first-order valence-electron chi connectivity index (χ1n) is 11.5. The lowest BCUT2D eigenvalue weighted by molar-refractivity contribution is 0.0939. The lowest BCUT2D eigenvalue weighted by atomic mass is 9.99. The van der Waals surface area contributed by atoms with Crippen LogP contribution >= 0.6 is 0 Å². The van der Waals surface area contributed by atoms with Crippen molar-refractivity contribution in [1.82, 2.24) is 10.6 Å². The Bertz CT molecular complexity index is 1100. The molecule has 2 aliphatic heterocycles. The Kier molecular flexibility index (Phi) is 7.19. The maximum Gasteiger partial charge on any atom is 0.252 e. The molecule has 0 radical (unpaired) electrons. The number of rotatable bonds is 7. The molecule has 0 aliphatic carbocycles. The van der Waals surface area contributed by atoms with Gasteiger partial charge in [-0.05, 0) is 60.9 Å². The molecule has 2 saturated heterocycles. The number of fused-ring (bicyclic) bond motifs is 2. The molecule has 3 unspecified atom stereocenters. The van der Waals surface area contributed by atoms with Gasteiger partial charge in [0.15, 0.2) is 0 Å². The van der Waals surface area contributed by atoms with Crippen LogP contribution in [0.2, 0.25) is 0 Å². The minimum atomic E-state index is -0.245. The monoisotopic (exact) mass is 463 g/mol. The van der Waals surface area contributed by atoms with E-state index in [-0.39, 0.29) is 18.2 Å². The Labute approximate surface area is 200 Å². The summed E-state index contributed by atoms with van der Waals surface area (Å²) in [6.45, 7) is 6.27. The summed E-state index contributed by atoms with van der Waals surface area (Å²) in [6, 6.07) is 12.0. The molecule has 4 rings (SSSR count). The molecule has 0 saturated carbocycles. The predicted octanol–water partition coefficient (Wildman–Crippen LogP) is 2.63. The van der Waals surface area contributed by atoms with Crippen molar-refractivity contribution in [2.45, 2.75) is 32.2 Å². The third kappa shape index (κ3) is 5.08. The molecular formula is C26H33N5O3. The summed E-state index contributed by atoms with van der Waals surface area (Å²) in [5.41, 5.74) is 11.0. The number of amides is 1. The normalized spacial score (nSPS) is 21.1. The Balaban J connectivity index is 1.55. The molecule has 8 nitrogen and oxygen atoms in total. The van der Waals surface area contributed by atoms with E-state index in [0.717, 1.165) is 47.6 Å². The molecule has 2 aliphatic rings. The second-order valence-electron chi connectivity index (χ2n) is 8.79. The molecule has 2 aromatic carbocycles. The van der Waals surface area contributed by atoms with Gasteiger partial charge in [0.1, 0.15) is 12.0 Å². The van der Waals surface area contributed by atoms with Gasteiger partial charge in [-0.3, -0.25) is 15.1 Å². The number of nitrogens with one attached hydrogen (secondary N) is 2. The van der Waals surface area contributed by atoms with E-state index in [1.165, 1.54) is 6.20 Å². The zero-order chi connectivity index (χ0) is 24.2. The van der Waals surface area contributed by atoms with Gasteiger partial charge in [0.2, 0.25) is 0 Å². The number of aliphatic imine (C=N–C) groups is 1. The van der Waals surface area contributed by atoms with Crippen LogP contribution in [0.5, 0.6) is 5.75 Å². The van der Waals surface area contributed by atoms with Crippen LogP contribution in [-0.2, 0) is 4.74 Å². The van der Waals surface area contributed by atoms with Gasteiger partial charge in [0, 0.05) is 42.8 Å². The van der Waals surface area contributed by atoms with Crippen molar-refractivity contribution in [3.63, 3.8) is 0 Å². The van der Waals surface area contributed by atoms with Crippen molar-refractivity contribution in [3.8, 4) is 5.75 Å². The highest BCUT2D eigenvalue weighted by atomic mass is 16.5. The summed E-state index contributed by atoms with van der Waals surface area (Å²) in [5, 5.41) is 6.59. The fourth-order valence-corrected chi connectivity index (χ4v) is 4.47.